The van der Waals surface area contributed by atoms with Gasteiger partial charge in [-0.15, -0.1) is 12.4 Å². The van der Waals surface area contributed by atoms with Crippen molar-refractivity contribution >= 4 is 28.4 Å². The first-order valence-electron chi connectivity index (χ1n) is 6.81. The fraction of sp³-hybridized carbons (Fsp3) is 0.500. The number of hydrogen-bond acceptors (Lipinski definition) is 5. The molecule has 1 saturated heterocycles. The van der Waals surface area contributed by atoms with Crippen LogP contribution in [0, 0.1) is 0 Å². The molecule has 2 rings (SSSR count). The van der Waals surface area contributed by atoms with Gasteiger partial charge in [-0.1, -0.05) is 0 Å². The summed E-state index contributed by atoms with van der Waals surface area (Å²) in [6, 6.07) is 5.80. The molecule has 1 fully saturated rings. The fourth-order valence-electron chi connectivity index (χ4n) is 2.38. The molecule has 22 heavy (non-hydrogen) atoms. The second-order valence-corrected chi connectivity index (χ2v) is 7.01. The minimum atomic E-state index is -3.55. The lowest BCUT2D eigenvalue weighted by Gasteiger charge is -2.37. The molecule has 0 amide bonds. The summed E-state index contributed by atoms with van der Waals surface area (Å²) in [5.41, 5.74) is 0.332. The molecule has 1 N–H and O–H groups in total. The van der Waals surface area contributed by atoms with Crippen LogP contribution in [0.1, 0.15) is 24.2 Å². The molecule has 1 aliphatic rings. The zero-order chi connectivity index (χ0) is 15.6. The summed E-state index contributed by atoms with van der Waals surface area (Å²) in [6.45, 7) is 4.92. The van der Waals surface area contributed by atoms with Crippen molar-refractivity contribution in [2.75, 3.05) is 20.2 Å². The van der Waals surface area contributed by atoms with Gasteiger partial charge in [0.05, 0.1) is 17.6 Å². The van der Waals surface area contributed by atoms with Gasteiger partial charge in [0.2, 0.25) is 10.0 Å². The van der Waals surface area contributed by atoms with E-state index >= 15 is 0 Å². The zero-order valence-electron chi connectivity index (χ0n) is 12.8. The van der Waals surface area contributed by atoms with Crippen LogP contribution in [0.3, 0.4) is 0 Å². The summed E-state index contributed by atoms with van der Waals surface area (Å²) < 4.78 is 31.5. The molecule has 0 bridgehead atoms. The number of rotatable bonds is 3. The Morgan fingerprint density at radius 3 is 2.41 bits per heavy atom. The molecule has 1 aromatic carbocycles. The maximum Gasteiger partial charge on any atom is 0.337 e. The van der Waals surface area contributed by atoms with E-state index < -0.39 is 16.0 Å². The number of piperazine rings is 1. The molecular weight excluding hydrogens is 328 g/mol. The number of nitrogens with zero attached hydrogens (tertiary/aromatic N) is 1. The van der Waals surface area contributed by atoms with Crippen LogP contribution in [0.5, 0.6) is 0 Å². The van der Waals surface area contributed by atoms with Gasteiger partial charge in [0.15, 0.2) is 0 Å². The third-order valence-corrected chi connectivity index (χ3v) is 5.86. The zero-order valence-corrected chi connectivity index (χ0v) is 14.4. The van der Waals surface area contributed by atoms with Gasteiger partial charge in [-0.2, -0.15) is 4.31 Å². The Morgan fingerprint density at radius 1 is 1.27 bits per heavy atom. The lowest BCUT2D eigenvalue weighted by atomic mass is 10.1. The summed E-state index contributed by atoms with van der Waals surface area (Å²) >= 11 is 0. The van der Waals surface area contributed by atoms with Gasteiger partial charge < -0.3 is 10.1 Å². The van der Waals surface area contributed by atoms with Gasteiger partial charge in [-0.25, -0.2) is 13.2 Å². The number of esters is 1. The predicted octanol–water partition coefficient (Wildman–Crippen LogP) is 1.27. The number of methoxy groups -OCH3 is 1. The molecule has 2 atom stereocenters. The van der Waals surface area contributed by atoms with Crippen LogP contribution in [0.2, 0.25) is 0 Å². The molecular formula is C14H21ClN2O4S. The summed E-state index contributed by atoms with van der Waals surface area (Å²) in [4.78, 5) is 11.6. The van der Waals surface area contributed by atoms with E-state index in [0.717, 1.165) is 0 Å². The Morgan fingerprint density at radius 2 is 1.86 bits per heavy atom. The predicted molar refractivity (Wildman–Crippen MR) is 85.8 cm³/mol. The molecule has 0 spiro atoms. The summed E-state index contributed by atoms with van der Waals surface area (Å²) in [7, 11) is -2.26. The number of nitrogens with one attached hydrogen (secondary N) is 1. The maximum absolute atomic E-state index is 12.7. The third-order valence-electron chi connectivity index (χ3n) is 3.86. The summed E-state index contributed by atoms with van der Waals surface area (Å²) in [5.74, 6) is -0.483. The average Bonchev–Trinajstić information content (AvgIpc) is 2.49. The first kappa shape index (κ1) is 18.9. The number of halogens is 1. The Labute approximate surface area is 137 Å². The van der Waals surface area contributed by atoms with Gasteiger partial charge in [0.25, 0.3) is 0 Å². The average molecular weight is 349 g/mol. The Hall–Kier alpha value is -1.15. The summed E-state index contributed by atoms with van der Waals surface area (Å²) in [5, 5.41) is 3.25. The van der Waals surface area contributed by atoms with E-state index in [2.05, 4.69) is 10.1 Å². The Kier molecular flexibility index (Phi) is 6.37. The fourth-order valence-corrected chi connectivity index (χ4v) is 4.08. The molecule has 1 heterocycles. The van der Waals surface area contributed by atoms with Crippen LogP contribution < -0.4 is 5.32 Å². The highest BCUT2D eigenvalue weighted by atomic mass is 35.5. The van der Waals surface area contributed by atoms with Crippen LogP contribution in [0.25, 0.3) is 0 Å². The van der Waals surface area contributed by atoms with Crippen molar-refractivity contribution in [2.45, 2.75) is 30.8 Å². The molecule has 0 aromatic heterocycles. The minimum absolute atomic E-state index is 0. The van der Waals surface area contributed by atoms with E-state index in [1.165, 1.54) is 35.7 Å². The lowest BCUT2D eigenvalue weighted by Crippen LogP contribution is -2.57. The SMILES string of the molecule is COC(=O)c1ccc(S(=O)(=O)N2CCNC(C)C2C)cc1.Cl. The van der Waals surface area contributed by atoms with E-state index in [1.807, 2.05) is 13.8 Å². The number of carbonyl (C=O) groups is 1. The van der Waals surface area contributed by atoms with Gasteiger partial charge in [-0.05, 0) is 38.1 Å². The smallest absolute Gasteiger partial charge is 0.337 e. The number of sulfonamides is 1. The van der Waals surface area contributed by atoms with Gasteiger partial charge in [-0.3, -0.25) is 0 Å². The van der Waals surface area contributed by atoms with Crippen LogP contribution in [-0.2, 0) is 14.8 Å². The van der Waals surface area contributed by atoms with Crippen LogP contribution in [0.15, 0.2) is 29.2 Å². The standard InChI is InChI=1S/C14H20N2O4S.ClH/c1-10-11(2)16(9-8-15-10)21(18,19)13-6-4-12(5-7-13)14(17)20-3;/h4-7,10-11,15H,8-9H2,1-3H3;1H. The van der Waals surface area contributed by atoms with Crippen molar-refractivity contribution in [3.8, 4) is 0 Å². The van der Waals surface area contributed by atoms with E-state index in [9.17, 15) is 13.2 Å². The highest BCUT2D eigenvalue weighted by Gasteiger charge is 2.34. The number of benzene rings is 1. The first-order chi connectivity index (χ1) is 9.87. The largest absolute Gasteiger partial charge is 0.465 e. The molecule has 0 saturated carbocycles. The van der Waals surface area contributed by atoms with Crippen LogP contribution in [-0.4, -0.2) is 51.0 Å². The van der Waals surface area contributed by atoms with Crippen molar-refractivity contribution in [3.05, 3.63) is 29.8 Å². The van der Waals surface area contributed by atoms with Crippen LogP contribution in [0.4, 0.5) is 0 Å². The van der Waals surface area contributed by atoms with Crippen molar-refractivity contribution in [1.82, 2.24) is 9.62 Å². The van der Waals surface area contributed by atoms with Crippen molar-refractivity contribution in [3.63, 3.8) is 0 Å². The second kappa shape index (κ2) is 7.41. The van der Waals surface area contributed by atoms with Crippen molar-refractivity contribution in [1.29, 1.82) is 0 Å². The van der Waals surface area contributed by atoms with Gasteiger partial charge in [0, 0.05) is 25.2 Å². The lowest BCUT2D eigenvalue weighted by molar-refractivity contribution is 0.0600. The maximum atomic E-state index is 12.7. The van der Waals surface area contributed by atoms with Crippen molar-refractivity contribution in [2.24, 2.45) is 0 Å². The number of carbonyl (C=O) groups excluding carboxylic acids is 1. The molecule has 1 aromatic rings. The molecule has 0 aliphatic carbocycles. The first-order valence-corrected chi connectivity index (χ1v) is 8.25. The topological polar surface area (TPSA) is 75.7 Å². The molecule has 124 valence electrons. The normalized spacial score (nSPS) is 22.7. The Balaban J connectivity index is 0.00000242. The minimum Gasteiger partial charge on any atom is -0.465 e. The number of hydrogen-bond donors (Lipinski definition) is 1. The van der Waals surface area contributed by atoms with E-state index in [4.69, 9.17) is 0 Å². The van der Waals surface area contributed by atoms with Gasteiger partial charge in [0.1, 0.15) is 0 Å². The molecule has 8 heteroatoms. The summed E-state index contributed by atoms with van der Waals surface area (Å²) in [6.07, 6.45) is 0. The second-order valence-electron chi connectivity index (χ2n) is 5.12. The van der Waals surface area contributed by atoms with E-state index in [1.54, 1.807) is 0 Å². The van der Waals surface area contributed by atoms with Crippen LogP contribution >= 0.6 is 12.4 Å². The van der Waals surface area contributed by atoms with Crippen molar-refractivity contribution < 1.29 is 17.9 Å². The molecule has 1 aliphatic heterocycles. The molecule has 0 radical (unpaired) electrons. The molecule has 6 nitrogen and oxygen atoms in total. The Bertz CT molecular complexity index is 618. The van der Waals surface area contributed by atoms with Gasteiger partial charge >= 0.3 is 5.97 Å². The quantitative estimate of drug-likeness (QED) is 0.832. The third kappa shape index (κ3) is 3.60. The van der Waals surface area contributed by atoms with E-state index in [0.29, 0.717) is 18.7 Å². The monoisotopic (exact) mass is 348 g/mol. The molecule has 2 unspecified atom stereocenters. The highest BCUT2D eigenvalue weighted by molar-refractivity contribution is 7.89. The number of ether oxygens (including phenoxy) is 1. The van der Waals surface area contributed by atoms with E-state index in [-0.39, 0.29) is 29.4 Å². The highest BCUT2D eigenvalue weighted by Crippen LogP contribution is 2.21.